The van der Waals surface area contributed by atoms with Crippen LogP contribution in [-0.4, -0.2) is 42.0 Å². The summed E-state index contributed by atoms with van der Waals surface area (Å²) in [4.78, 5) is 21.1. The molecule has 112 valence electrons. The van der Waals surface area contributed by atoms with Crippen LogP contribution in [0.1, 0.15) is 26.2 Å². The van der Waals surface area contributed by atoms with Crippen LogP contribution in [-0.2, 0) is 4.79 Å². The van der Waals surface area contributed by atoms with Crippen molar-refractivity contribution in [2.45, 2.75) is 32.2 Å². The molecular weight excluding hydrogens is 282 g/mol. The van der Waals surface area contributed by atoms with Gasteiger partial charge < -0.3 is 9.80 Å². The summed E-state index contributed by atoms with van der Waals surface area (Å²) in [6.07, 6.45) is 3.48. The number of thiazole rings is 1. The fourth-order valence-electron chi connectivity index (χ4n) is 2.85. The van der Waals surface area contributed by atoms with Gasteiger partial charge in [0.05, 0.1) is 16.8 Å². The summed E-state index contributed by atoms with van der Waals surface area (Å²) in [7, 11) is 1.95. The molecule has 1 aromatic heterocycles. The highest BCUT2D eigenvalue weighted by atomic mass is 32.1. The molecule has 0 radical (unpaired) electrons. The van der Waals surface area contributed by atoms with Gasteiger partial charge in [-0.25, -0.2) is 4.98 Å². The van der Waals surface area contributed by atoms with E-state index in [2.05, 4.69) is 18.0 Å². The third kappa shape index (κ3) is 3.02. The van der Waals surface area contributed by atoms with E-state index in [-0.39, 0.29) is 5.91 Å². The van der Waals surface area contributed by atoms with E-state index in [1.54, 1.807) is 11.3 Å². The number of hydrogen-bond donors (Lipinski definition) is 0. The minimum atomic E-state index is 0.212. The van der Waals surface area contributed by atoms with Crippen LogP contribution in [0.3, 0.4) is 0 Å². The van der Waals surface area contributed by atoms with Gasteiger partial charge >= 0.3 is 0 Å². The number of carbonyl (C=O) groups is 1. The van der Waals surface area contributed by atoms with Gasteiger partial charge in [-0.05, 0) is 38.3 Å². The largest absolute Gasteiger partial charge is 0.342 e. The van der Waals surface area contributed by atoms with E-state index in [0.717, 1.165) is 34.7 Å². The van der Waals surface area contributed by atoms with Crippen molar-refractivity contribution < 1.29 is 4.79 Å². The molecule has 1 saturated heterocycles. The predicted molar refractivity (Wildman–Crippen MR) is 87.9 cm³/mol. The number of likely N-dealkylation sites (tertiary alicyclic amines) is 1. The maximum absolute atomic E-state index is 12.5. The maximum atomic E-state index is 12.5. The number of amides is 1. The molecule has 0 spiro atoms. The zero-order chi connectivity index (χ0) is 14.8. The highest BCUT2D eigenvalue weighted by Crippen LogP contribution is 2.28. The van der Waals surface area contributed by atoms with Gasteiger partial charge in [-0.3, -0.25) is 4.79 Å². The minimum Gasteiger partial charge on any atom is -0.342 e. The van der Waals surface area contributed by atoms with E-state index >= 15 is 0 Å². The average Bonchev–Trinajstić information content (AvgIpc) is 2.91. The third-order valence-corrected chi connectivity index (χ3v) is 5.26. The van der Waals surface area contributed by atoms with Crippen molar-refractivity contribution in [2.75, 3.05) is 25.0 Å². The van der Waals surface area contributed by atoms with Crippen LogP contribution in [0.5, 0.6) is 0 Å². The Kier molecular flexibility index (Phi) is 4.10. The SMILES string of the molecule is CC1CCCCN1C(=O)CN(C)c1nc2ccccc2s1. The highest BCUT2D eigenvalue weighted by Gasteiger charge is 2.24. The zero-order valence-electron chi connectivity index (χ0n) is 12.6. The Morgan fingerprint density at radius 2 is 2.24 bits per heavy atom. The molecule has 1 aliphatic heterocycles. The molecule has 1 aliphatic rings. The summed E-state index contributed by atoms with van der Waals surface area (Å²) in [6, 6.07) is 8.46. The number of para-hydroxylation sites is 1. The summed E-state index contributed by atoms with van der Waals surface area (Å²) >= 11 is 1.64. The molecule has 1 atom stereocenters. The lowest BCUT2D eigenvalue weighted by Crippen LogP contribution is -2.46. The van der Waals surface area contributed by atoms with Crippen LogP contribution in [0, 0.1) is 0 Å². The molecule has 1 aromatic carbocycles. The number of likely N-dealkylation sites (N-methyl/N-ethyl adjacent to an activating group) is 1. The van der Waals surface area contributed by atoms with Crippen molar-refractivity contribution in [1.29, 1.82) is 0 Å². The van der Waals surface area contributed by atoms with Gasteiger partial charge in [0.1, 0.15) is 0 Å². The van der Waals surface area contributed by atoms with Gasteiger partial charge in [-0.15, -0.1) is 0 Å². The van der Waals surface area contributed by atoms with Crippen molar-refractivity contribution >= 4 is 32.6 Å². The van der Waals surface area contributed by atoms with Gasteiger partial charge in [-0.1, -0.05) is 23.5 Å². The van der Waals surface area contributed by atoms with Crippen LogP contribution in [0.15, 0.2) is 24.3 Å². The topological polar surface area (TPSA) is 36.4 Å². The molecule has 0 N–H and O–H groups in total. The second-order valence-corrected chi connectivity index (χ2v) is 6.76. The zero-order valence-corrected chi connectivity index (χ0v) is 13.4. The summed E-state index contributed by atoms with van der Waals surface area (Å²) in [6.45, 7) is 3.45. The maximum Gasteiger partial charge on any atom is 0.242 e. The molecule has 21 heavy (non-hydrogen) atoms. The first kappa shape index (κ1) is 14.3. The van der Waals surface area contributed by atoms with Crippen molar-refractivity contribution in [3.63, 3.8) is 0 Å². The quantitative estimate of drug-likeness (QED) is 0.874. The summed E-state index contributed by atoms with van der Waals surface area (Å²) in [5.74, 6) is 0.212. The van der Waals surface area contributed by atoms with Gasteiger partial charge in [0.2, 0.25) is 5.91 Å². The van der Waals surface area contributed by atoms with Gasteiger partial charge in [0, 0.05) is 19.6 Å². The number of carbonyl (C=O) groups excluding carboxylic acids is 1. The molecule has 2 aromatic rings. The smallest absolute Gasteiger partial charge is 0.242 e. The number of hydrogen-bond acceptors (Lipinski definition) is 4. The normalized spacial score (nSPS) is 19.0. The van der Waals surface area contributed by atoms with Crippen LogP contribution in [0.25, 0.3) is 10.2 Å². The second-order valence-electron chi connectivity index (χ2n) is 5.75. The number of nitrogens with zero attached hydrogens (tertiary/aromatic N) is 3. The lowest BCUT2D eigenvalue weighted by molar-refractivity contribution is -0.132. The lowest BCUT2D eigenvalue weighted by Gasteiger charge is -2.34. The molecule has 2 heterocycles. The third-order valence-electron chi connectivity index (χ3n) is 4.10. The molecule has 1 amide bonds. The van der Waals surface area contributed by atoms with Crippen LogP contribution in [0.4, 0.5) is 5.13 Å². The number of rotatable bonds is 3. The Hall–Kier alpha value is -1.62. The molecule has 3 rings (SSSR count). The van der Waals surface area contributed by atoms with Crippen LogP contribution in [0.2, 0.25) is 0 Å². The Bertz CT molecular complexity index is 606. The van der Waals surface area contributed by atoms with Crippen LogP contribution < -0.4 is 4.90 Å². The first-order chi connectivity index (χ1) is 10.1. The fourth-order valence-corrected chi connectivity index (χ4v) is 3.78. The van der Waals surface area contributed by atoms with E-state index in [9.17, 15) is 4.79 Å². The minimum absolute atomic E-state index is 0.212. The molecule has 0 aliphatic carbocycles. The number of anilines is 1. The standard InChI is InChI=1S/C16H21N3OS/c1-12-7-5-6-10-19(12)15(20)11-18(2)16-17-13-8-3-4-9-14(13)21-16/h3-4,8-9,12H,5-7,10-11H2,1-2H3. The fraction of sp³-hybridized carbons (Fsp3) is 0.500. The monoisotopic (exact) mass is 303 g/mol. The van der Waals surface area contributed by atoms with Crippen molar-refractivity contribution in [1.82, 2.24) is 9.88 Å². The Labute approximate surface area is 129 Å². The predicted octanol–water partition coefficient (Wildman–Crippen LogP) is 3.13. The number of fused-ring (bicyclic) bond motifs is 1. The lowest BCUT2D eigenvalue weighted by atomic mass is 10.0. The Morgan fingerprint density at radius 3 is 3.00 bits per heavy atom. The van der Waals surface area contributed by atoms with E-state index in [1.165, 1.54) is 6.42 Å². The molecule has 0 bridgehead atoms. The molecule has 4 nitrogen and oxygen atoms in total. The molecule has 1 fully saturated rings. The summed E-state index contributed by atoms with van der Waals surface area (Å²) < 4.78 is 1.16. The van der Waals surface area contributed by atoms with Gasteiger partial charge in [0.15, 0.2) is 5.13 Å². The van der Waals surface area contributed by atoms with Gasteiger partial charge in [-0.2, -0.15) is 0 Å². The van der Waals surface area contributed by atoms with Gasteiger partial charge in [0.25, 0.3) is 0 Å². The Morgan fingerprint density at radius 1 is 1.43 bits per heavy atom. The highest BCUT2D eigenvalue weighted by molar-refractivity contribution is 7.22. The van der Waals surface area contributed by atoms with E-state index < -0.39 is 0 Å². The van der Waals surface area contributed by atoms with Crippen LogP contribution >= 0.6 is 11.3 Å². The summed E-state index contributed by atoms with van der Waals surface area (Å²) in [5.41, 5.74) is 1.00. The Balaban J connectivity index is 1.70. The number of piperidine rings is 1. The first-order valence-electron chi connectivity index (χ1n) is 7.51. The van der Waals surface area contributed by atoms with E-state index in [0.29, 0.717) is 12.6 Å². The first-order valence-corrected chi connectivity index (χ1v) is 8.33. The van der Waals surface area contributed by atoms with Crippen molar-refractivity contribution in [2.24, 2.45) is 0 Å². The number of aromatic nitrogens is 1. The summed E-state index contributed by atoms with van der Waals surface area (Å²) in [5, 5.41) is 0.911. The van der Waals surface area contributed by atoms with Crippen molar-refractivity contribution in [3.8, 4) is 0 Å². The molecule has 5 heteroatoms. The molecule has 0 saturated carbocycles. The molecule has 1 unspecified atom stereocenters. The average molecular weight is 303 g/mol. The van der Waals surface area contributed by atoms with E-state index in [4.69, 9.17) is 0 Å². The van der Waals surface area contributed by atoms with E-state index in [1.807, 2.05) is 35.0 Å². The van der Waals surface area contributed by atoms with Crippen molar-refractivity contribution in [3.05, 3.63) is 24.3 Å². The second kappa shape index (κ2) is 6.02. The molecular formula is C16H21N3OS. The number of benzene rings is 1.